The van der Waals surface area contributed by atoms with Gasteiger partial charge in [0.15, 0.2) is 0 Å². The van der Waals surface area contributed by atoms with E-state index >= 15 is 0 Å². The molecule has 19 heavy (non-hydrogen) atoms. The maximum Gasteiger partial charge on any atom is 0.255 e. The van der Waals surface area contributed by atoms with Crippen LogP contribution in [-0.4, -0.2) is 10.9 Å². The van der Waals surface area contributed by atoms with Crippen LogP contribution >= 0.6 is 39.1 Å². The highest BCUT2D eigenvalue weighted by atomic mass is 79.9. The number of aromatic nitrogens is 1. The Morgan fingerprint density at radius 2 is 2.00 bits per heavy atom. The number of nitrogens with one attached hydrogen (secondary N) is 1. The molecule has 1 aromatic heterocycles. The number of anilines is 1. The van der Waals surface area contributed by atoms with Crippen LogP contribution < -0.4 is 5.32 Å². The highest BCUT2D eigenvalue weighted by Crippen LogP contribution is 2.23. The summed E-state index contributed by atoms with van der Waals surface area (Å²) in [5.41, 5.74) is 2.09. The standard InChI is InChI=1S/C13H9BrCl2N2O/c14-11-5-10(7-17-12(11)16)18-13(19)9-3-1-8(6-15)2-4-9/h1-5,7H,6H2,(H,18,19). The normalized spacial score (nSPS) is 10.3. The number of amides is 1. The Kier molecular flexibility index (Phi) is 4.80. The summed E-state index contributed by atoms with van der Waals surface area (Å²) in [6, 6.07) is 8.78. The molecule has 0 aliphatic rings. The van der Waals surface area contributed by atoms with Gasteiger partial charge in [0.1, 0.15) is 5.15 Å². The molecule has 0 atom stereocenters. The Labute approximate surface area is 129 Å². The molecule has 2 aromatic rings. The van der Waals surface area contributed by atoms with Gasteiger partial charge < -0.3 is 5.32 Å². The van der Waals surface area contributed by atoms with Gasteiger partial charge in [-0.25, -0.2) is 4.98 Å². The lowest BCUT2D eigenvalue weighted by atomic mass is 10.1. The third-order valence-corrected chi connectivity index (χ3v) is 3.87. The maximum atomic E-state index is 12.0. The summed E-state index contributed by atoms with van der Waals surface area (Å²) in [4.78, 5) is 15.9. The van der Waals surface area contributed by atoms with Gasteiger partial charge in [-0.3, -0.25) is 4.79 Å². The average molecular weight is 360 g/mol. The Morgan fingerprint density at radius 3 is 2.58 bits per heavy atom. The molecule has 3 nitrogen and oxygen atoms in total. The van der Waals surface area contributed by atoms with Crippen LogP contribution in [-0.2, 0) is 5.88 Å². The van der Waals surface area contributed by atoms with Crippen molar-refractivity contribution in [2.75, 3.05) is 5.32 Å². The monoisotopic (exact) mass is 358 g/mol. The molecule has 1 heterocycles. The second kappa shape index (κ2) is 6.37. The van der Waals surface area contributed by atoms with E-state index in [4.69, 9.17) is 23.2 Å². The lowest BCUT2D eigenvalue weighted by Gasteiger charge is -2.06. The fraction of sp³-hybridized carbons (Fsp3) is 0.0769. The van der Waals surface area contributed by atoms with Crippen molar-refractivity contribution in [3.63, 3.8) is 0 Å². The number of pyridine rings is 1. The third kappa shape index (κ3) is 3.69. The number of benzene rings is 1. The molecule has 0 spiro atoms. The third-order valence-electron chi connectivity index (χ3n) is 2.42. The van der Waals surface area contributed by atoms with Gasteiger partial charge in [0.2, 0.25) is 0 Å². The highest BCUT2D eigenvalue weighted by Gasteiger charge is 2.07. The minimum absolute atomic E-state index is 0.211. The number of hydrogen-bond donors (Lipinski definition) is 1. The van der Waals surface area contributed by atoms with Crippen LogP contribution in [0.4, 0.5) is 5.69 Å². The molecule has 0 radical (unpaired) electrons. The molecule has 0 fully saturated rings. The van der Waals surface area contributed by atoms with Crippen LogP contribution in [0.2, 0.25) is 5.15 Å². The zero-order valence-corrected chi connectivity index (χ0v) is 12.8. The second-order valence-electron chi connectivity index (χ2n) is 3.78. The van der Waals surface area contributed by atoms with E-state index in [1.165, 1.54) is 6.20 Å². The summed E-state index contributed by atoms with van der Waals surface area (Å²) in [5, 5.41) is 3.09. The average Bonchev–Trinajstić information content (AvgIpc) is 2.43. The molecule has 0 bridgehead atoms. The largest absolute Gasteiger partial charge is 0.321 e. The minimum Gasteiger partial charge on any atom is -0.321 e. The van der Waals surface area contributed by atoms with Gasteiger partial charge in [0.25, 0.3) is 5.91 Å². The smallest absolute Gasteiger partial charge is 0.255 e. The van der Waals surface area contributed by atoms with Crippen molar-refractivity contribution in [3.05, 3.63) is 57.3 Å². The highest BCUT2D eigenvalue weighted by molar-refractivity contribution is 9.10. The first-order valence-corrected chi connectivity index (χ1v) is 7.08. The van der Waals surface area contributed by atoms with E-state index in [1.807, 2.05) is 12.1 Å². The fourth-order valence-electron chi connectivity index (χ4n) is 1.44. The van der Waals surface area contributed by atoms with E-state index in [-0.39, 0.29) is 5.91 Å². The Hall–Kier alpha value is -1.10. The van der Waals surface area contributed by atoms with Crippen molar-refractivity contribution in [1.29, 1.82) is 0 Å². The first-order valence-electron chi connectivity index (χ1n) is 5.37. The topological polar surface area (TPSA) is 42.0 Å². The van der Waals surface area contributed by atoms with E-state index in [2.05, 4.69) is 26.2 Å². The Balaban J connectivity index is 2.13. The first kappa shape index (κ1) is 14.3. The number of rotatable bonds is 3. The number of carbonyl (C=O) groups is 1. The van der Waals surface area contributed by atoms with Crippen molar-refractivity contribution in [2.24, 2.45) is 0 Å². The van der Waals surface area contributed by atoms with Crippen LogP contribution in [0.3, 0.4) is 0 Å². The van der Waals surface area contributed by atoms with E-state index < -0.39 is 0 Å². The van der Waals surface area contributed by atoms with Gasteiger partial charge in [0.05, 0.1) is 16.4 Å². The quantitative estimate of drug-likeness (QED) is 0.648. The van der Waals surface area contributed by atoms with Crippen molar-refractivity contribution in [3.8, 4) is 0 Å². The summed E-state index contributed by atoms with van der Waals surface area (Å²) >= 11 is 14.7. The second-order valence-corrected chi connectivity index (χ2v) is 5.26. The predicted octanol–water partition coefficient (Wildman–Crippen LogP) is 4.49. The van der Waals surface area contributed by atoms with Gasteiger partial charge >= 0.3 is 0 Å². The molecular weight excluding hydrogens is 351 g/mol. The fourth-order valence-corrected chi connectivity index (χ4v) is 2.07. The van der Waals surface area contributed by atoms with Gasteiger partial charge in [-0.05, 0) is 39.7 Å². The Bertz CT molecular complexity index is 602. The molecule has 98 valence electrons. The molecule has 1 aromatic carbocycles. The lowest BCUT2D eigenvalue weighted by Crippen LogP contribution is -2.12. The molecule has 0 unspecified atom stereocenters. The summed E-state index contributed by atoms with van der Waals surface area (Å²) in [7, 11) is 0. The minimum atomic E-state index is -0.211. The molecule has 0 aliphatic carbocycles. The van der Waals surface area contributed by atoms with Gasteiger partial charge in [-0.1, -0.05) is 23.7 Å². The van der Waals surface area contributed by atoms with Crippen LogP contribution in [0.5, 0.6) is 0 Å². The van der Waals surface area contributed by atoms with Crippen LogP contribution in [0.25, 0.3) is 0 Å². The van der Waals surface area contributed by atoms with Gasteiger partial charge in [0, 0.05) is 11.4 Å². The number of nitrogens with zero attached hydrogens (tertiary/aromatic N) is 1. The van der Waals surface area contributed by atoms with Crippen molar-refractivity contribution >= 4 is 50.7 Å². The molecule has 2 rings (SSSR count). The van der Waals surface area contributed by atoms with Crippen LogP contribution in [0.1, 0.15) is 15.9 Å². The summed E-state index contributed by atoms with van der Waals surface area (Å²) in [5.74, 6) is 0.216. The number of halogens is 3. The molecule has 0 aliphatic heterocycles. The number of alkyl halides is 1. The van der Waals surface area contributed by atoms with E-state index in [1.54, 1.807) is 18.2 Å². The lowest BCUT2D eigenvalue weighted by molar-refractivity contribution is 0.102. The first-order chi connectivity index (χ1) is 9.10. The summed E-state index contributed by atoms with van der Waals surface area (Å²) < 4.78 is 0.629. The molecular formula is C13H9BrCl2N2O. The van der Waals surface area contributed by atoms with Crippen molar-refractivity contribution < 1.29 is 4.79 Å². The molecule has 6 heteroatoms. The van der Waals surface area contributed by atoms with Crippen molar-refractivity contribution in [1.82, 2.24) is 4.98 Å². The maximum absolute atomic E-state index is 12.0. The summed E-state index contributed by atoms with van der Waals surface area (Å²) in [6.45, 7) is 0. The SMILES string of the molecule is O=C(Nc1cnc(Cl)c(Br)c1)c1ccc(CCl)cc1. The van der Waals surface area contributed by atoms with E-state index in [0.29, 0.717) is 26.8 Å². The number of hydrogen-bond acceptors (Lipinski definition) is 2. The van der Waals surface area contributed by atoms with Crippen molar-refractivity contribution in [2.45, 2.75) is 5.88 Å². The van der Waals surface area contributed by atoms with E-state index in [0.717, 1.165) is 5.56 Å². The zero-order chi connectivity index (χ0) is 13.8. The molecule has 0 saturated heterocycles. The van der Waals surface area contributed by atoms with Gasteiger partial charge in [-0.15, -0.1) is 11.6 Å². The molecule has 1 amide bonds. The zero-order valence-electron chi connectivity index (χ0n) is 9.66. The number of carbonyl (C=O) groups excluding carboxylic acids is 1. The van der Waals surface area contributed by atoms with E-state index in [9.17, 15) is 4.79 Å². The molecule has 1 N–H and O–H groups in total. The Morgan fingerprint density at radius 1 is 1.32 bits per heavy atom. The van der Waals surface area contributed by atoms with Crippen LogP contribution in [0.15, 0.2) is 41.0 Å². The van der Waals surface area contributed by atoms with Crippen LogP contribution in [0, 0.1) is 0 Å². The predicted molar refractivity (Wildman–Crippen MR) is 80.9 cm³/mol. The van der Waals surface area contributed by atoms with Gasteiger partial charge in [-0.2, -0.15) is 0 Å². The molecule has 0 saturated carbocycles. The summed E-state index contributed by atoms with van der Waals surface area (Å²) in [6.07, 6.45) is 1.50.